The Balaban J connectivity index is 2.04. The molecule has 4 nitrogen and oxygen atoms in total. The molecule has 1 aliphatic heterocycles. The van der Waals surface area contributed by atoms with Crippen molar-refractivity contribution in [3.63, 3.8) is 0 Å². The van der Waals surface area contributed by atoms with Gasteiger partial charge in [0.2, 0.25) is 0 Å². The van der Waals surface area contributed by atoms with Crippen LogP contribution >= 0.6 is 0 Å². The van der Waals surface area contributed by atoms with Gasteiger partial charge in [0.25, 0.3) is 10.0 Å². The predicted molar refractivity (Wildman–Crippen MR) is 100 cm³/mol. The van der Waals surface area contributed by atoms with Crippen molar-refractivity contribution in [1.82, 2.24) is 8.87 Å². The number of halogens is 2. The normalized spacial score (nSPS) is 15.7. The van der Waals surface area contributed by atoms with E-state index < -0.39 is 21.7 Å². The Morgan fingerprint density at radius 1 is 1.04 bits per heavy atom. The van der Waals surface area contributed by atoms with Gasteiger partial charge in [0.05, 0.1) is 10.4 Å². The zero-order valence-corrected chi connectivity index (χ0v) is 16.0. The molecule has 0 atom stereocenters. The molecule has 0 N–H and O–H groups in total. The first kappa shape index (κ1) is 18.1. The average Bonchev–Trinajstić information content (AvgIpc) is 2.77. The smallest absolute Gasteiger partial charge is 0.268 e. The molecule has 7 heteroatoms. The number of hydrogen-bond acceptors (Lipinski definition) is 3. The summed E-state index contributed by atoms with van der Waals surface area (Å²) in [4.78, 5) is 1.92. The first-order valence-corrected chi connectivity index (χ1v) is 10.2. The van der Waals surface area contributed by atoms with Crippen LogP contribution in [0.1, 0.15) is 23.2 Å². The van der Waals surface area contributed by atoms with E-state index in [0.29, 0.717) is 18.5 Å². The third kappa shape index (κ3) is 2.95. The summed E-state index contributed by atoms with van der Waals surface area (Å²) >= 11 is 0. The maximum Gasteiger partial charge on any atom is 0.268 e. The Kier molecular flexibility index (Phi) is 4.31. The molecule has 142 valence electrons. The zero-order chi connectivity index (χ0) is 19.3. The van der Waals surface area contributed by atoms with Gasteiger partial charge in [-0.05, 0) is 69.3 Å². The van der Waals surface area contributed by atoms with E-state index in [1.54, 1.807) is 6.07 Å². The van der Waals surface area contributed by atoms with Crippen molar-refractivity contribution in [2.75, 3.05) is 13.6 Å². The van der Waals surface area contributed by atoms with Crippen molar-refractivity contribution in [2.45, 2.75) is 31.2 Å². The molecule has 27 heavy (non-hydrogen) atoms. The van der Waals surface area contributed by atoms with E-state index in [9.17, 15) is 17.2 Å². The van der Waals surface area contributed by atoms with Crippen LogP contribution in [-0.4, -0.2) is 30.9 Å². The van der Waals surface area contributed by atoms with Gasteiger partial charge < -0.3 is 4.90 Å². The molecule has 0 unspecified atom stereocenters. The first-order chi connectivity index (χ1) is 12.8. The second-order valence-corrected chi connectivity index (χ2v) is 8.92. The number of rotatable bonds is 2. The van der Waals surface area contributed by atoms with Crippen molar-refractivity contribution < 1.29 is 17.2 Å². The maximum atomic E-state index is 13.7. The van der Waals surface area contributed by atoms with Crippen LogP contribution in [-0.2, 0) is 23.0 Å². The van der Waals surface area contributed by atoms with E-state index >= 15 is 0 Å². The van der Waals surface area contributed by atoms with Gasteiger partial charge in [0.1, 0.15) is 0 Å². The molecule has 0 spiro atoms. The molecule has 0 amide bonds. The summed E-state index contributed by atoms with van der Waals surface area (Å²) in [6, 6.07) is 8.36. The Bertz CT molecular complexity index is 1150. The fourth-order valence-corrected chi connectivity index (χ4v) is 5.42. The standard InChI is InChI=1S/C20H20F2N2O2S/c1-13-5-8-20-15(10-13)16-12-23(2)9-3-4-19(16)24(20)27(25,26)14-6-7-17(21)18(22)11-14/h5-8,10-11H,3-4,9,12H2,1-2H3. The molecule has 0 radical (unpaired) electrons. The molecule has 2 aromatic carbocycles. The highest BCUT2D eigenvalue weighted by molar-refractivity contribution is 7.90. The second kappa shape index (κ2) is 6.42. The number of hydrogen-bond donors (Lipinski definition) is 0. The van der Waals surface area contributed by atoms with Crippen LogP contribution in [0.15, 0.2) is 41.3 Å². The van der Waals surface area contributed by atoms with Crippen molar-refractivity contribution in [3.05, 3.63) is 64.9 Å². The molecule has 0 saturated heterocycles. The summed E-state index contributed by atoms with van der Waals surface area (Å²) < 4.78 is 55.1. The fraction of sp³-hybridized carbons (Fsp3) is 0.300. The predicted octanol–water partition coefficient (Wildman–Crippen LogP) is 3.84. The van der Waals surface area contributed by atoms with Crippen LogP contribution in [0, 0.1) is 18.6 Å². The van der Waals surface area contributed by atoms with Gasteiger partial charge in [-0.15, -0.1) is 0 Å². The fourth-order valence-electron chi connectivity index (χ4n) is 3.80. The van der Waals surface area contributed by atoms with E-state index in [1.165, 1.54) is 3.97 Å². The van der Waals surface area contributed by atoms with Gasteiger partial charge in [-0.1, -0.05) is 11.6 Å². The van der Waals surface area contributed by atoms with Crippen LogP contribution in [0.3, 0.4) is 0 Å². The van der Waals surface area contributed by atoms with Gasteiger partial charge in [-0.2, -0.15) is 0 Å². The number of benzene rings is 2. The topological polar surface area (TPSA) is 42.3 Å². The molecule has 2 heterocycles. The minimum absolute atomic E-state index is 0.251. The second-order valence-electron chi connectivity index (χ2n) is 7.13. The lowest BCUT2D eigenvalue weighted by molar-refractivity contribution is 0.333. The molecule has 1 aromatic heterocycles. The van der Waals surface area contributed by atoms with Crippen molar-refractivity contribution in [2.24, 2.45) is 0 Å². The van der Waals surface area contributed by atoms with Crippen LogP contribution in [0.4, 0.5) is 8.78 Å². The zero-order valence-electron chi connectivity index (χ0n) is 15.2. The first-order valence-electron chi connectivity index (χ1n) is 8.81. The van der Waals surface area contributed by atoms with Crippen molar-refractivity contribution in [3.8, 4) is 0 Å². The van der Waals surface area contributed by atoms with Crippen LogP contribution in [0.25, 0.3) is 10.9 Å². The SMILES string of the molecule is Cc1ccc2c(c1)c1c(n2S(=O)(=O)c2ccc(F)c(F)c2)CCCN(C)C1. The molecule has 4 rings (SSSR count). The Hall–Kier alpha value is -2.25. The van der Waals surface area contributed by atoms with Crippen LogP contribution in [0.5, 0.6) is 0 Å². The highest BCUT2D eigenvalue weighted by atomic mass is 32.2. The van der Waals surface area contributed by atoms with Crippen molar-refractivity contribution in [1.29, 1.82) is 0 Å². The molecule has 0 aliphatic carbocycles. The number of aromatic nitrogens is 1. The van der Waals surface area contributed by atoms with E-state index in [0.717, 1.165) is 53.4 Å². The third-order valence-electron chi connectivity index (χ3n) is 5.10. The van der Waals surface area contributed by atoms with E-state index in [2.05, 4.69) is 4.90 Å². The Labute approximate surface area is 157 Å². The molecule has 0 saturated carbocycles. The van der Waals surface area contributed by atoms with Gasteiger partial charge in [0, 0.05) is 17.6 Å². The minimum atomic E-state index is -4.06. The molecule has 1 aliphatic rings. The van der Waals surface area contributed by atoms with Gasteiger partial charge >= 0.3 is 0 Å². The number of aryl methyl sites for hydroxylation is 1. The number of fused-ring (bicyclic) bond motifs is 3. The molecule has 3 aromatic rings. The lowest BCUT2D eigenvalue weighted by Crippen LogP contribution is -2.17. The summed E-state index contributed by atoms with van der Waals surface area (Å²) in [6.07, 6.45) is 1.43. The molecular weight excluding hydrogens is 370 g/mol. The maximum absolute atomic E-state index is 13.7. The quantitative estimate of drug-likeness (QED) is 0.668. The lowest BCUT2D eigenvalue weighted by Gasteiger charge is -2.12. The Morgan fingerprint density at radius 2 is 1.81 bits per heavy atom. The highest BCUT2D eigenvalue weighted by Crippen LogP contribution is 2.34. The molecule has 0 fully saturated rings. The summed E-state index contributed by atoms with van der Waals surface area (Å²) in [5.74, 6) is -2.24. The summed E-state index contributed by atoms with van der Waals surface area (Å²) in [6.45, 7) is 3.48. The van der Waals surface area contributed by atoms with Gasteiger partial charge in [-0.3, -0.25) is 0 Å². The van der Waals surface area contributed by atoms with E-state index in [-0.39, 0.29) is 4.90 Å². The van der Waals surface area contributed by atoms with Crippen LogP contribution in [0.2, 0.25) is 0 Å². The van der Waals surface area contributed by atoms with Gasteiger partial charge in [0.15, 0.2) is 11.6 Å². The summed E-state index contributed by atoms with van der Waals surface area (Å²) in [5, 5.41) is 0.893. The average molecular weight is 390 g/mol. The lowest BCUT2D eigenvalue weighted by atomic mass is 10.1. The van der Waals surface area contributed by atoms with E-state index in [4.69, 9.17) is 0 Å². The summed E-state index contributed by atoms with van der Waals surface area (Å²) in [7, 11) is -2.05. The highest BCUT2D eigenvalue weighted by Gasteiger charge is 2.29. The minimum Gasteiger partial charge on any atom is -0.302 e. The molecular formula is C20H20F2N2O2S. The third-order valence-corrected chi connectivity index (χ3v) is 6.85. The van der Waals surface area contributed by atoms with E-state index in [1.807, 2.05) is 26.1 Å². The largest absolute Gasteiger partial charge is 0.302 e. The monoisotopic (exact) mass is 390 g/mol. The number of nitrogens with zero attached hydrogens (tertiary/aromatic N) is 2. The van der Waals surface area contributed by atoms with Gasteiger partial charge in [-0.25, -0.2) is 21.2 Å². The molecule has 0 bridgehead atoms. The van der Waals surface area contributed by atoms with Crippen LogP contribution < -0.4 is 0 Å². The Morgan fingerprint density at radius 3 is 2.56 bits per heavy atom. The van der Waals surface area contributed by atoms with Crippen molar-refractivity contribution >= 4 is 20.9 Å². The summed E-state index contributed by atoms with van der Waals surface area (Å²) in [5.41, 5.74) is 3.33.